The molecule has 1 aliphatic rings. The number of methoxy groups -OCH3 is 1. The van der Waals surface area contributed by atoms with Gasteiger partial charge >= 0.3 is 0 Å². The smallest absolute Gasteiger partial charge is 0.213 e. The Morgan fingerprint density at radius 2 is 2.31 bits per heavy atom. The minimum Gasteiger partial charge on any atom is -0.481 e. The van der Waals surface area contributed by atoms with Gasteiger partial charge in [-0.1, -0.05) is 12.0 Å². The van der Waals surface area contributed by atoms with Crippen LogP contribution in [0.15, 0.2) is 18.2 Å². The van der Waals surface area contributed by atoms with Crippen molar-refractivity contribution in [3.63, 3.8) is 0 Å². The summed E-state index contributed by atoms with van der Waals surface area (Å²) in [5.74, 6) is 3.44. The van der Waals surface area contributed by atoms with Crippen LogP contribution in [0.5, 0.6) is 5.88 Å². The largest absolute Gasteiger partial charge is 0.481 e. The van der Waals surface area contributed by atoms with Crippen molar-refractivity contribution in [3.05, 3.63) is 23.9 Å². The predicted molar refractivity (Wildman–Crippen MR) is 50.5 cm³/mol. The molecular formula is C11H11NO. The Balaban J connectivity index is 2.37. The molecule has 0 radical (unpaired) electrons. The zero-order chi connectivity index (χ0) is 9.31. The van der Waals surface area contributed by atoms with E-state index >= 15 is 0 Å². The third-order valence-electron chi connectivity index (χ3n) is 2.45. The van der Waals surface area contributed by atoms with E-state index in [-0.39, 0.29) is 5.41 Å². The third-order valence-corrected chi connectivity index (χ3v) is 2.45. The van der Waals surface area contributed by atoms with Crippen molar-refractivity contribution in [1.29, 1.82) is 0 Å². The molecule has 0 bridgehead atoms. The van der Waals surface area contributed by atoms with Crippen LogP contribution in [0.25, 0.3) is 0 Å². The Morgan fingerprint density at radius 3 is 2.85 bits per heavy atom. The molecule has 0 amide bonds. The summed E-state index contributed by atoms with van der Waals surface area (Å²) in [5.41, 5.74) is 0.878. The Kier molecular flexibility index (Phi) is 1.73. The summed E-state index contributed by atoms with van der Waals surface area (Å²) in [6.45, 7) is 0. The second-order valence-corrected chi connectivity index (χ2v) is 3.29. The van der Waals surface area contributed by atoms with Gasteiger partial charge in [0.1, 0.15) is 0 Å². The van der Waals surface area contributed by atoms with Crippen molar-refractivity contribution in [3.8, 4) is 18.2 Å². The van der Waals surface area contributed by atoms with Crippen LogP contribution in [-0.2, 0) is 5.41 Å². The van der Waals surface area contributed by atoms with Crippen LogP contribution in [-0.4, -0.2) is 12.1 Å². The third kappa shape index (κ3) is 1.27. The molecule has 2 heteroatoms. The van der Waals surface area contributed by atoms with Gasteiger partial charge in [-0.3, -0.25) is 0 Å². The molecule has 66 valence electrons. The standard InChI is InChI=1S/C11H11NO/c1-3-11(7-8-11)9-5-4-6-10(12-9)13-2/h1,4-6H,7-8H2,2H3. The van der Waals surface area contributed by atoms with Crippen LogP contribution >= 0.6 is 0 Å². The van der Waals surface area contributed by atoms with Gasteiger partial charge in [-0.25, -0.2) is 4.98 Å². The van der Waals surface area contributed by atoms with Crippen molar-refractivity contribution in [2.24, 2.45) is 0 Å². The fourth-order valence-electron chi connectivity index (χ4n) is 1.39. The normalized spacial score (nSPS) is 17.5. The van der Waals surface area contributed by atoms with E-state index < -0.39 is 0 Å². The maximum absolute atomic E-state index is 5.46. The average Bonchev–Trinajstić information content (AvgIpc) is 2.99. The number of hydrogen-bond acceptors (Lipinski definition) is 2. The fourth-order valence-corrected chi connectivity index (χ4v) is 1.39. The molecule has 0 aromatic carbocycles. The Bertz CT molecular complexity index is 361. The maximum atomic E-state index is 5.46. The van der Waals surface area contributed by atoms with Gasteiger partial charge in [0, 0.05) is 6.07 Å². The van der Waals surface area contributed by atoms with E-state index in [1.807, 2.05) is 18.2 Å². The van der Waals surface area contributed by atoms with E-state index in [0.717, 1.165) is 18.5 Å². The summed E-state index contributed by atoms with van der Waals surface area (Å²) in [6, 6.07) is 5.73. The van der Waals surface area contributed by atoms with E-state index in [2.05, 4.69) is 10.9 Å². The van der Waals surface area contributed by atoms with Crippen LogP contribution in [0, 0.1) is 12.3 Å². The van der Waals surface area contributed by atoms with Gasteiger partial charge in [-0.05, 0) is 18.9 Å². The van der Waals surface area contributed by atoms with Gasteiger partial charge in [0.2, 0.25) is 5.88 Å². The second kappa shape index (κ2) is 2.77. The first-order chi connectivity index (χ1) is 6.30. The molecular weight excluding hydrogens is 162 g/mol. The number of nitrogens with zero attached hydrogens (tertiary/aromatic N) is 1. The van der Waals surface area contributed by atoms with Gasteiger partial charge in [0.15, 0.2) is 0 Å². The highest BCUT2D eigenvalue weighted by molar-refractivity contribution is 5.37. The number of rotatable bonds is 2. The summed E-state index contributed by atoms with van der Waals surface area (Å²) in [4.78, 5) is 4.33. The molecule has 1 aliphatic carbocycles. The van der Waals surface area contributed by atoms with Gasteiger partial charge in [0.25, 0.3) is 0 Å². The first-order valence-corrected chi connectivity index (χ1v) is 4.30. The molecule has 1 saturated carbocycles. The zero-order valence-corrected chi connectivity index (χ0v) is 7.58. The Morgan fingerprint density at radius 1 is 1.54 bits per heavy atom. The zero-order valence-electron chi connectivity index (χ0n) is 7.58. The van der Waals surface area contributed by atoms with Gasteiger partial charge < -0.3 is 4.74 Å². The molecule has 0 unspecified atom stereocenters. The molecule has 1 aromatic rings. The summed E-state index contributed by atoms with van der Waals surface area (Å²) in [5, 5.41) is 0. The van der Waals surface area contributed by atoms with Crippen LogP contribution in [0.2, 0.25) is 0 Å². The maximum Gasteiger partial charge on any atom is 0.213 e. The minimum atomic E-state index is -0.0888. The van der Waals surface area contributed by atoms with Gasteiger partial charge in [-0.15, -0.1) is 6.42 Å². The number of aromatic nitrogens is 1. The highest BCUT2D eigenvalue weighted by Crippen LogP contribution is 2.46. The molecule has 0 saturated heterocycles. The van der Waals surface area contributed by atoms with Gasteiger partial charge in [-0.2, -0.15) is 0 Å². The van der Waals surface area contributed by atoms with Crippen molar-refractivity contribution < 1.29 is 4.74 Å². The van der Waals surface area contributed by atoms with Crippen LogP contribution in [0.1, 0.15) is 18.5 Å². The summed E-state index contributed by atoms with van der Waals surface area (Å²) in [7, 11) is 1.61. The molecule has 1 aromatic heterocycles. The summed E-state index contributed by atoms with van der Waals surface area (Å²) < 4.78 is 5.04. The van der Waals surface area contributed by atoms with Crippen LogP contribution in [0.3, 0.4) is 0 Å². The van der Waals surface area contributed by atoms with E-state index in [4.69, 9.17) is 11.2 Å². The van der Waals surface area contributed by atoms with Crippen LogP contribution < -0.4 is 4.74 Å². The summed E-state index contributed by atoms with van der Waals surface area (Å²) >= 11 is 0. The molecule has 1 fully saturated rings. The SMILES string of the molecule is C#CC1(c2cccc(OC)n2)CC1. The van der Waals surface area contributed by atoms with Crippen molar-refractivity contribution >= 4 is 0 Å². The van der Waals surface area contributed by atoms with E-state index in [9.17, 15) is 0 Å². The van der Waals surface area contributed by atoms with Crippen molar-refractivity contribution in [1.82, 2.24) is 4.98 Å². The highest BCUT2D eigenvalue weighted by atomic mass is 16.5. The molecule has 0 spiro atoms. The highest BCUT2D eigenvalue weighted by Gasteiger charge is 2.44. The Labute approximate surface area is 77.9 Å². The lowest BCUT2D eigenvalue weighted by atomic mass is 10.0. The lowest BCUT2D eigenvalue weighted by molar-refractivity contribution is 0.395. The number of terminal acetylenes is 1. The average molecular weight is 173 g/mol. The molecule has 2 nitrogen and oxygen atoms in total. The molecule has 2 rings (SSSR count). The molecule has 0 aliphatic heterocycles. The molecule has 1 heterocycles. The monoisotopic (exact) mass is 173 g/mol. The van der Waals surface area contributed by atoms with Gasteiger partial charge in [0.05, 0.1) is 18.2 Å². The number of ether oxygens (including phenoxy) is 1. The lowest BCUT2D eigenvalue weighted by Gasteiger charge is -2.07. The lowest BCUT2D eigenvalue weighted by Crippen LogP contribution is -2.05. The first kappa shape index (κ1) is 8.12. The fraction of sp³-hybridized carbons (Fsp3) is 0.364. The van der Waals surface area contributed by atoms with E-state index in [0.29, 0.717) is 5.88 Å². The van der Waals surface area contributed by atoms with Crippen LogP contribution in [0.4, 0.5) is 0 Å². The van der Waals surface area contributed by atoms with Crippen molar-refractivity contribution in [2.45, 2.75) is 18.3 Å². The minimum absolute atomic E-state index is 0.0888. The molecule has 0 atom stereocenters. The quantitative estimate of drug-likeness (QED) is 0.636. The summed E-state index contributed by atoms with van der Waals surface area (Å²) in [6.07, 6.45) is 7.55. The van der Waals surface area contributed by atoms with E-state index in [1.165, 1.54) is 0 Å². The Hall–Kier alpha value is -1.49. The van der Waals surface area contributed by atoms with Crippen molar-refractivity contribution in [2.75, 3.05) is 7.11 Å². The first-order valence-electron chi connectivity index (χ1n) is 4.30. The number of hydrogen-bond donors (Lipinski definition) is 0. The second-order valence-electron chi connectivity index (χ2n) is 3.29. The predicted octanol–water partition coefficient (Wildman–Crippen LogP) is 1.75. The molecule has 0 N–H and O–H groups in total. The topological polar surface area (TPSA) is 22.1 Å². The van der Waals surface area contributed by atoms with E-state index in [1.54, 1.807) is 7.11 Å². The number of pyridine rings is 1. The molecule has 13 heavy (non-hydrogen) atoms.